The summed E-state index contributed by atoms with van der Waals surface area (Å²) in [4.78, 5) is 25.9. The molecule has 2 aliphatic rings. The predicted octanol–water partition coefficient (Wildman–Crippen LogP) is 6.17. The van der Waals surface area contributed by atoms with Crippen LogP contribution in [0, 0.1) is 35.5 Å². The third-order valence-corrected chi connectivity index (χ3v) is 7.47. The quantitative estimate of drug-likeness (QED) is 0.323. The minimum Gasteiger partial charge on any atom is -0.465 e. The second-order valence-corrected chi connectivity index (χ2v) is 9.48. The highest BCUT2D eigenvalue weighted by Gasteiger charge is 2.55. The molecule has 0 aromatic heterocycles. The van der Waals surface area contributed by atoms with Crippen molar-refractivity contribution < 1.29 is 19.1 Å². The molecule has 0 aromatic carbocycles. The zero-order valence-electron chi connectivity index (χ0n) is 19.3. The van der Waals surface area contributed by atoms with E-state index in [1.165, 1.54) is 25.7 Å². The Balaban J connectivity index is 1.90. The Bertz CT molecular complexity index is 459. The molecular formula is C25H44O4. The maximum Gasteiger partial charge on any atom is 0.310 e. The highest BCUT2D eigenvalue weighted by atomic mass is 16.5. The summed E-state index contributed by atoms with van der Waals surface area (Å²) in [5, 5.41) is 0. The zero-order chi connectivity index (χ0) is 21.2. The Morgan fingerprint density at radius 3 is 1.52 bits per heavy atom. The first-order chi connectivity index (χ1) is 14.0. The van der Waals surface area contributed by atoms with Gasteiger partial charge in [0.15, 0.2) is 0 Å². The van der Waals surface area contributed by atoms with Crippen molar-refractivity contribution in [2.75, 3.05) is 13.2 Å². The molecule has 0 heterocycles. The van der Waals surface area contributed by atoms with Crippen LogP contribution >= 0.6 is 0 Å². The van der Waals surface area contributed by atoms with E-state index in [1.807, 2.05) is 0 Å². The molecule has 168 valence electrons. The van der Waals surface area contributed by atoms with Crippen LogP contribution in [-0.2, 0) is 19.1 Å². The molecule has 0 aliphatic heterocycles. The summed E-state index contributed by atoms with van der Waals surface area (Å²) in [5.74, 6) is 0.643. The van der Waals surface area contributed by atoms with Gasteiger partial charge in [0.25, 0.3) is 0 Å². The third-order valence-electron chi connectivity index (χ3n) is 7.47. The van der Waals surface area contributed by atoms with Crippen LogP contribution in [0.1, 0.15) is 98.3 Å². The molecule has 4 nitrogen and oxygen atoms in total. The lowest BCUT2D eigenvalue weighted by atomic mass is 9.79. The molecule has 2 fully saturated rings. The summed E-state index contributed by atoms with van der Waals surface area (Å²) in [5.41, 5.74) is 0. The number of hydrogen-bond donors (Lipinski definition) is 0. The molecule has 6 atom stereocenters. The van der Waals surface area contributed by atoms with Gasteiger partial charge in [-0.05, 0) is 55.8 Å². The molecule has 0 aromatic rings. The maximum atomic E-state index is 12.9. The molecule has 2 aliphatic carbocycles. The standard InChI is InChI=1S/C25H44O4/c1-5-9-11-18(7-3)16-28-24(26)22-20-13-14-21(15-20)23(22)25(27)29-17-19(8-4)12-10-6-2/h18-23H,5-17H2,1-4H3. The molecule has 0 spiro atoms. The van der Waals surface area contributed by atoms with Gasteiger partial charge in [-0.2, -0.15) is 0 Å². The van der Waals surface area contributed by atoms with E-state index >= 15 is 0 Å². The van der Waals surface area contributed by atoms with Crippen molar-refractivity contribution in [3.8, 4) is 0 Å². The lowest BCUT2D eigenvalue weighted by molar-refractivity contribution is -0.165. The number of esters is 2. The third kappa shape index (κ3) is 6.72. The summed E-state index contributed by atoms with van der Waals surface area (Å²) in [6, 6.07) is 0. The Labute approximate surface area is 178 Å². The van der Waals surface area contributed by atoms with Crippen LogP contribution in [-0.4, -0.2) is 25.2 Å². The topological polar surface area (TPSA) is 52.6 Å². The van der Waals surface area contributed by atoms with Crippen LogP contribution in [0.4, 0.5) is 0 Å². The molecule has 2 saturated carbocycles. The van der Waals surface area contributed by atoms with Gasteiger partial charge >= 0.3 is 11.9 Å². The Kier molecular flexibility index (Phi) is 10.5. The smallest absolute Gasteiger partial charge is 0.310 e. The van der Waals surface area contributed by atoms with Crippen LogP contribution in [0.5, 0.6) is 0 Å². The van der Waals surface area contributed by atoms with E-state index < -0.39 is 0 Å². The van der Waals surface area contributed by atoms with Gasteiger partial charge in [-0.15, -0.1) is 0 Å². The Morgan fingerprint density at radius 1 is 0.759 bits per heavy atom. The number of hydrogen-bond acceptors (Lipinski definition) is 4. The number of carbonyl (C=O) groups excluding carboxylic acids is 2. The normalized spacial score (nSPS) is 27.6. The van der Waals surface area contributed by atoms with E-state index in [0.29, 0.717) is 36.9 Å². The van der Waals surface area contributed by atoms with Crippen molar-refractivity contribution in [3.05, 3.63) is 0 Å². The van der Waals surface area contributed by atoms with E-state index in [-0.39, 0.29) is 23.8 Å². The van der Waals surface area contributed by atoms with E-state index in [0.717, 1.165) is 44.9 Å². The molecule has 0 amide bonds. The number of rotatable bonds is 14. The van der Waals surface area contributed by atoms with Gasteiger partial charge in [0.2, 0.25) is 0 Å². The van der Waals surface area contributed by atoms with Gasteiger partial charge in [-0.25, -0.2) is 0 Å². The van der Waals surface area contributed by atoms with E-state index in [9.17, 15) is 9.59 Å². The van der Waals surface area contributed by atoms with Crippen molar-refractivity contribution in [1.82, 2.24) is 0 Å². The first-order valence-electron chi connectivity index (χ1n) is 12.4. The van der Waals surface area contributed by atoms with Crippen molar-refractivity contribution in [2.24, 2.45) is 35.5 Å². The van der Waals surface area contributed by atoms with E-state index in [1.54, 1.807) is 0 Å². The molecule has 4 heteroatoms. The highest BCUT2D eigenvalue weighted by Crippen LogP contribution is 2.53. The predicted molar refractivity (Wildman–Crippen MR) is 116 cm³/mol. The molecule has 0 saturated heterocycles. The monoisotopic (exact) mass is 408 g/mol. The van der Waals surface area contributed by atoms with Crippen molar-refractivity contribution in [3.63, 3.8) is 0 Å². The second kappa shape index (κ2) is 12.6. The van der Waals surface area contributed by atoms with Gasteiger partial charge in [0.05, 0.1) is 25.0 Å². The minimum absolute atomic E-state index is 0.146. The van der Waals surface area contributed by atoms with Crippen molar-refractivity contribution >= 4 is 11.9 Å². The Hall–Kier alpha value is -1.06. The van der Waals surface area contributed by atoms with Gasteiger partial charge in [0, 0.05) is 0 Å². The number of ether oxygens (including phenoxy) is 2. The lowest BCUT2D eigenvalue weighted by Gasteiger charge is -2.29. The summed E-state index contributed by atoms with van der Waals surface area (Å²) in [6.45, 7) is 9.70. The van der Waals surface area contributed by atoms with Crippen molar-refractivity contribution in [1.29, 1.82) is 0 Å². The number of unbranched alkanes of at least 4 members (excludes halogenated alkanes) is 2. The average Bonchev–Trinajstić information content (AvgIpc) is 3.35. The van der Waals surface area contributed by atoms with Gasteiger partial charge in [0.1, 0.15) is 0 Å². The van der Waals surface area contributed by atoms with E-state index in [4.69, 9.17) is 9.47 Å². The summed E-state index contributed by atoms with van der Waals surface area (Å²) in [6.07, 6.45) is 12.1. The lowest BCUT2D eigenvalue weighted by Crippen LogP contribution is -2.38. The fourth-order valence-electron chi connectivity index (χ4n) is 5.36. The minimum atomic E-state index is -0.277. The molecule has 6 unspecified atom stereocenters. The van der Waals surface area contributed by atoms with Gasteiger partial charge in [-0.1, -0.05) is 66.2 Å². The number of fused-ring (bicyclic) bond motifs is 2. The van der Waals surface area contributed by atoms with Crippen LogP contribution in [0.3, 0.4) is 0 Å². The number of carbonyl (C=O) groups is 2. The molecule has 29 heavy (non-hydrogen) atoms. The van der Waals surface area contributed by atoms with Gasteiger partial charge in [-0.3, -0.25) is 9.59 Å². The van der Waals surface area contributed by atoms with Crippen LogP contribution < -0.4 is 0 Å². The molecule has 0 N–H and O–H groups in total. The first-order valence-corrected chi connectivity index (χ1v) is 12.4. The fourth-order valence-corrected chi connectivity index (χ4v) is 5.36. The highest BCUT2D eigenvalue weighted by molar-refractivity contribution is 5.83. The van der Waals surface area contributed by atoms with Crippen molar-refractivity contribution in [2.45, 2.75) is 98.3 Å². The Morgan fingerprint density at radius 2 is 1.17 bits per heavy atom. The summed E-state index contributed by atoms with van der Waals surface area (Å²) < 4.78 is 11.5. The molecule has 2 rings (SSSR count). The molecule has 0 radical (unpaired) electrons. The summed E-state index contributed by atoms with van der Waals surface area (Å²) >= 11 is 0. The van der Waals surface area contributed by atoms with E-state index in [2.05, 4.69) is 27.7 Å². The SMILES string of the molecule is CCCCC(CC)COC(=O)C1C2CCC(C2)C1C(=O)OCC(CC)CCCC. The zero-order valence-corrected chi connectivity index (χ0v) is 19.3. The summed E-state index contributed by atoms with van der Waals surface area (Å²) in [7, 11) is 0. The average molecular weight is 409 g/mol. The van der Waals surface area contributed by atoms with Crippen LogP contribution in [0.25, 0.3) is 0 Å². The molecular weight excluding hydrogens is 364 g/mol. The first kappa shape index (κ1) is 24.2. The molecule has 2 bridgehead atoms. The van der Waals surface area contributed by atoms with Crippen LogP contribution in [0.15, 0.2) is 0 Å². The van der Waals surface area contributed by atoms with Gasteiger partial charge < -0.3 is 9.47 Å². The largest absolute Gasteiger partial charge is 0.465 e. The maximum absolute atomic E-state index is 12.9. The fraction of sp³-hybridized carbons (Fsp3) is 0.920. The van der Waals surface area contributed by atoms with Crippen LogP contribution in [0.2, 0.25) is 0 Å². The second-order valence-electron chi connectivity index (χ2n) is 9.48.